The molecule has 1 unspecified atom stereocenters. The summed E-state index contributed by atoms with van der Waals surface area (Å²) in [4.78, 5) is 0.974. The van der Waals surface area contributed by atoms with Crippen LogP contribution in [0.25, 0.3) is 0 Å². The van der Waals surface area contributed by atoms with Crippen LogP contribution in [0, 0.1) is 0 Å². The van der Waals surface area contributed by atoms with Gasteiger partial charge in [-0.15, -0.1) is 11.3 Å². The van der Waals surface area contributed by atoms with Crippen LogP contribution in [0.1, 0.15) is 11.0 Å². The smallest absolute Gasteiger partial charge is 0.105 e. The summed E-state index contributed by atoms with van der Waals surface area (Å²) < 4.78 is 0. The number of aliphatic hydroxyl groups excluding tert-OH is 1. The average molecular weight is 254 g/mol. The molecule has 0 saturated carbocycles. The molecule has 2 aromatic rings. The predicted octanol–water partition coefficient (Wildman–Crippen LogP) is 3.55. The van der Waals surface area contributed by atoms with Crippen molar-refractivity contribution in [3.8, 4) is 0 Å². The molecule has 0 amide bonds. The Balaban J connectivity index is 1.90. The van der Waals surface area contributed by atoms with Crippen LogP contribution in [0.5, 0.6) is 0 Å². The van der Waals surface area contributed by atoms with Crippen molar-refractivity contribution in [1.82, 2.24) is 0 Å². The van der Waals surface area contributed by atoms with E-state index in [0.29, 0.717) is 11.6 Å². The number of halogens is 1. The molecule has 0 aliphatic carbocycles. The Labute approximate surface area is 104 Å². The molecule has 1 aromatic carbocycles. The average Bonchev–Trinajstić information content (AvgIpc) is 2.81. The predicted molar refractivity (Wildman–Crippen MR) is 69.2 cm³/mol. The first-order valence-electron chi connectivity index (χ1n) is 4.96. The minimum Gasteiger partial charge on any atom is -0.386 e. The van der Waals surface area contributed by atoms with Gasteiger partial charge in [-0.05, 0) is 35.7 Å². The highest BCUT2D eigenvalue weighted by molar-refractivity contribution is 7.10. The largest absolute Gasteiger partial charge is 0.386 e. The van der Waals surface area contributed by atoms with E-state index in [9.17, 15) is 5.11 Å². The Bertz CT molecular complexity index is 427. The second kappa shape index (κ2) is 5.34. The zero-order valence-electron chi connectivity index (χ0n) is 8.56. The molecule has 0 spiro atoms. The van der Waals surface area contributed by atoms with Gasteiger partial charge in [-0.25, -0.2) is 0 Å². The van der Waals surface area contributed by atoms with Crippen molar-refractivity contribution in [3.63, 3.8) is 0 Å². The molecule has 16 heavy (non-hydrogen) atoms. The SMILES string of the molecule is OC(CNc1ccc(Cl)cc1)c1cccs1. The zero-order valence-corrected chi connectivity index (χ0v) is 10.1. The summed E-state index contributed by atoms with van der Waals surface area (Å²) in [5, 5.41) is 15.7. The van der Waals surface area contributed by atoms with E-state index in [0.717, 1.165) is 10.6 Å². The maximum atomic E-state index is 9.85. The fraction of sp³-hybridized carbons (Fsp3) is 0.167. The van der Waals surface area contributed by atoms with E-state index in [4.69, 9.17) is 11.6 Å². The second-order valence-electron chi connectivity index (χ2n) is 3.42. The zero-order chi connectivity index (χ0) is 11.4. The third kappa shape index (κ3) is 2.98. The van der Waals surface area contributed by atoms with Gasteiger partial charge in [0.2, 0.25) is 0 Å². The molecular formula is C12H12ClNOS. The highest BCUT2D eigenvalue weighted by atomic mass is 35.5. The first-order chi connectivity index (χ1) is 7.75. The Morgan fingerprint density at radius 3 is 2.62 bits per heavy atom. The van der Waals surface area contributed by atoms with Gasteiger partial charge in [0.15, 0.2) is 0 Å². The van der Waals surface area contributed by atoms with Gasteiger partial charge in [0, 0.05) is 22.1 Å². The molecule has 0 aliphatic heterocycles. The van der Waals surface area contributed by atoms with Gasteiger partial charge in [0.25, 0.3) is 0 Å². The summed E-state index contributed by atoms with van der Waals surface area (Å²) in [6.45, 7) is 0.502. The molecule has 0 fully saturated rings. The second-order valence-corrected chi connectivity index (χ2v) is 4.83. The number of hydrogen-bond donors (Lipinski definition) is 2. The fourth-order valence-electron chi connectivity index (χ4n) is 1.36. The standard InChI is InChI=1S/C12H12ClNOS/c13-9-3-5-10(6-4-9)14-8-11(15)12-2-1-7-16-12/h1-7,11,14-15H,8H2. The molecule has 1 aromatic heterocycles. The number of aliphatic hydroxyl groups is 1. The Morgan fingerprint density at radius 2 is 2.00 bits per heavy atom. The summed E-state index contributed by atoms with van der Waals surface area (Å²) in [5.41, 5.74) is 0.958. The van der Waals surface area contributed by atoms with Crippen LogP contribution in [0.3, 0.4) is 0 Å². The van der Waals surface area contributed by atoms with Gasteiger partial charge in [0.1, 0.15) is 6.10 Å². The Hall–Kier alpha value is -1.03. The summed E-state index contributed by atoms with van der Waals surface area (Å²) in [5.74, 6) is 0. The molecule has 0 bridgehead atoms. The lowest BCUT2D eigenvalue weighted by Crippen LogP contribution is -2.10. The van der Waals surface area contributed by atoms with Crippen molar-refractivity contribution >= 4 is 28.6 Å². The van der Waals surface area contributed by atoms with Gasteiger partial charge in [0.05, 0.1) is 0 Å². The highest BCUT2D eigenvalue weighted by Gasteiger charge is 2.07. The van der Waals surface area contributed by atoms with Gasteiger partial charge in [-0.2, -0.15) is 0 Å². The molecule has 1 heterocycles. The summed E-state index contributed by atoms with van der Waals surface area (Å²) in [7, 11) is 0. The maximum Gasteiger partial charge on any atom is 0.105 e. The van der Waals surface area contributed by atoms with E-state index in [2.05, 4.69) is 5.32 Å². The molecule has 0 saturated heterocycles. The van der Waals surface area contributed by atoms with E-state index in [1.54, 1.807) is 11.3 Å². The summed E-state index contributed by atoms with van der Waals surface area (Å²) in [6.07, 6.45) is -0.462. The lowest BCUT2D eigenvalue weighted by molar-refractivity contribution is 0.195. The van der Waals surface area contributed by atoms with E-state index < -0.39 is 6.10 Å². The number of anilines is 1. The van der Waals surface area contributed by atoms with Crippen molar-refractivity contribution in [2.75, 3.05) is 11.9 Å². The normalized spacial score (nSPS) is 12.4. The van der Waals surface area contributed by atoms with Crippen LogP contribution in [0.4, 0.5) is 5.69 Å². The molecule has 0 aliphatic rings. The minimum atomic E-state index is -0.462. The minimum absolute atomic E-state index is 0.462. The van der Waals surface area contributed by atoms with Gasteiger partial charge < -0.3 is 10.4 Å². The first-order valence-corrected chi connectivity index (χ1v) is 6.22. The molecule has 2 rings (SSSR count). The van der Waals surface area contributed by atoms with E-state index in [1.165, 1.54) is 0 Å². The maximum absolute atomic E-state index is 9.85. The molecule has 2 nitrogen and oxygen atoms in total. The van der Waals surface area contributed by atoms with Gasteiger partial charge in [-0.1, -0.05) is 17.7 Å². The third-order valence-corrected chi connectivity index (χ3v) is 3.44. The van der Waals surface area contributed by atoms with Crippen LogP contribution in [-0.4, -0.2) is 11.7 Å². The van der Waals surface area contributed by atoms with E-state index in [1.807, 2.05) is 41.8 Å². The number of rotatable bonds is 4. The first kappa shape index (κ1) is 11.5. The van der Waals surface area contributed by atoms with Crippen LogP contribution in [0.2, 0.25) is 5.02 Å². The Morgan fingerprint density at radius 1 is 1.25 bits per heavy atom. The number of benzene rings is 1. The molecule has 84 valence electrons. The number of thiophene rings is 1. The monoisotopic (exact) mass is 253 g/mol. The molecule has 2 N–H and O–H groups in total. The van der Waals surface area contributed by atoms with Crippen molar-refractivity contribution in [2.45, 2.75) is 6.10 Å². The topological polar surface area (TPSA) is 32.3 Å². The van der Waals surface area contributed by atoms with Crippen LogP contribution >= 0.6 is 22.9 Å². The quantitative estimate of drug-likeness (QED) is 0.874. The Kier molecular flexibility index (Phi) is 3.83. The number of hydrogen-bond acceptors (Lipinski definition) is 3. The van der Waals surface area contributed by atoms with E-state index in [-0.39, 0.29) is 0 Å². The van der Waals surface area contributed by atoms with Crippen molar-refractivity contribution in [1.29, 1.82) is 0 Å². The lowest BCUT2D eigenvalue weighted by Gasteiger charge is -2.11. The molecule has 0 radical (unpaired) electrons. The molecular weight excluding hydrogens is 242 g/mol. The number of nitrogens with one attached hydrogen (secondary N) is 1. The third-order valence-electron chi connectivity index (χ3n) is 2.22. The van der Waals surface area contributed by atoms with Crippen molar-refractivity contribution in [2.24, 2.45) is 0 Å². The van der Waals surface area contributed by atoms with Gasteiger partial charge in [-0.3, -0.25) is 0 Å². The molecule has 1 atom stereocenters. The van der Waals surface area contributed by atoms with E-state index >= 15 is 0 Å². The van der Waals surface area contributed by atoms with Crippen molar-refractivity contribution in [3.05, 3.63) is 51.7 Å². The van der Waals surface area contributed by atoms with Crippen LogP contribution in [-0.2, 0) is 0 Å². The van der Waals surface area contributed by atoms with Crippen LogP contribution < -0.4 is 5.32 Å². The summed E-state index contributed by atoms with van der Waals surface area (Å²) >= 11 is 7.34. The van der Waals surface area contributed by atoms with Crippen LogP contribution in [0.15, 0.2) is 41.8 Å². The summed E-state index contributed by atoms with van der Waals surface area (Å²) in [6, 6.07) is 11.3. The molecule has 4 heteroatoms. The highest BCUT2D eigenvalue weighted by Crippen LogP contribution is 2.20. The fourth-order valence-corrected chi connectivity index (χ4v) is 2.20. The lowest BCUT2D eigenvalue weighted by atomic mass is 10.2. The van der Waals surface area contributed by atoms with Crippen molar-refractivity contribution < 1.29 is 5.11 Å². The van der Waals surface area contributed by atoms with Gasteiger partial charge >= 0.3 is 0 Å².